The zero-order valence-electron chi connectivity index (χ0n) is 19.2. The molecule has 0 aromatic heterocycles. The van der Waals surface area contributed by atoms with Gasteiger partial charge < -0.3 is 5.32 Å². The highest BCUT2D eigenvalue weighted by Crippen LogP contribution is 2.54. The topological polar surface area (TPSA) is 78.5 Å². The number of fused-ring (bicyclic) bond motifs is 4. The summed E-state index contributed by atoms with van der Waals surface area (Å²) in [5.41, 5.74) is 3.46. The number of carbonyl (C=O) groups is 3. The average molecular weight is 464 g/mol. The van der Waals surface area contributed by atoms with Crippen molar-refractivity contribution in [2.75, 3.05) is 23.9 Å². The van der Waals surface area contributed by atoms with Gasteiger partial charge in [-0.05, 0) is 49.8 Å². The van der Waals surface area contributed by atoms with Crippen molar-refractivity contribution in [2.45, 2.75) is 38.3 Å². The number of imide groups is 1. The minimum Gasteiger partial charge on any atom is -0.324 e. The van der Waals surface area contributed by atoms with Crippen molar-refractivity contribution in [3.05, 3.63) is 64.7 Å². The van der Waals surface area contributed by atoms with Crippen LogP contribution in [0.5, 0.6) is 0 Å². The number of aryl methyl sites for hydroxylation is 2. The van der Waals surface area contributed by atoms with Crippen LogP contribution in [0.1, 0.15) is 28.7 Å². The molecule has 4 atom stereocenters. The lowest BCUT2D eigenvalue weighted by molar-refractivity contribution is -0.142. The first kappa shape index (κ1) is 22.2. The zero-order chi connectivity index (χ0) is 23.3. The molecule has 3 heterocycles. The molecular weight excluding hydrogens is 434 g/mol. The Morgan fingerprint density at radius 1 is 1.06 bits per heavy atom. The fraction of sp³-hybridized carbons (Fsp3) is 0.423. The third-order valence-corrected chi connectivity index (χ3v) is 8.00. The number of benzene rings is 2. The summed E-state index contributed by atoms with van der Waals surface area (Å²) >= 11 is 1.70. The second-order valence-corrected chi connectivity index (χ2v) is 10.4. The Hall–Kier alpha value is -2.64. The Morgan fingerprint density at radius 3 is 2.55 bits per heavy atom. The van der Waals surface area contributed by atoms with Crippen LogP contribution in [-0.2, 0) is 26.3 Å². The normalized spacial score (nSPS) is 27.9. The first-order valence-electron chi connectivity index (χ1n) is 11.5. The molecule has 2 saturated heterocycles. The maximum absolute atomic E-state index is 13.8. The van der Waals surface area contributed by atoms with Crippen molar-refractivity contribution in [3.8, 4) is 0 Å². The number of nitrogens with one attached hydrogen (secondary N) is 2. The van der Waals surface area contributed by atoms with Crippen LogP contribution < -0.4 is 10.6 Å². The SMILES string of the molecule is CSCCC1NC2(C(=O)Nc3c(C)cc(C)cc32)C2C(=O)N(CCc3ccccc3)C(=O)C12. The van der Waals surface area contributed by atoms with E-state index in [1.807, 2.05) is 62.6 Å². The Kier molecular flexibility index (Phi) is 5.57. The van der Waals surface area contributed by atoms with Gasteiger partial charge in [-0.15, -0.1) is 0 Å². The van der Waals surface area contributed by atoms with Crippen LogP contribution in [0.2, 0.25) is 0 Å². The highest BCUT2D eigenvalue weighted by Gasteiger charge is 2.70. The molecule has 3 aliphatic heterocycles. The summed E-state index contributed by atoms with van der Waals surface area (Å²) in [5.74, 6) is -1.01. The summed E-state index contributed by atoms with van der Waals surface area (Å²) in [6, 6.07) is 13.7. The molecule has 2 aromatic carbocycles. The molecule has 6 nitrogen and oxygen atoms in total. The van der Waals surface area contributed by atoms with E-state index in [1.54, 1.807) is 11.8 Å². The molecule has 0 bridgehead atoms. The Morgan fingerprint density at radius 2 is 1.82 bits per heavy atom. The third-order valence-electron chi connectivity index (χ3n) is 7.36. The Bertz CT molecular complexity index is 1140. The van der Waals surface area contributed by atoms with Crippen LogP contribution in [0.15, 0.2) is 42.5 Å². The highest BCUT2D eigenvalue weighted by atomic mass is 32.2. The number of rotatable bonds is 6. The van der Waals surface area contributed by atoms with Gasteiger partial charge in [-0.2, -0.15) is 11.8 Å². The van der Waals surface area contributed by atoms with E-state index in [2.05, 4.69) is 10.6 Å². The van der Waals surface area contributed by atoms with Crippen molar-refractivity contribution >= 4 is 35.2 Å². The summed E-state index contributed by atoms with van der Waals surface area (Å²) in [5, 5.41) is 6.56. The Labute approximate surface area is 198 Å². The fourth-order valence-electron chi connectivity index (χ4n) is 5.92. The smallest absolute Gasteiger partial charge is 0.250 e. The van der Waals surface area contributed by atoms with Crippen molar-refractivity contribution < 1.29 is 14.4 Å². The van der Waals surface area contributed by atoms with Crippen molar-refractivity contribution in [1.82, 2.24) is 10.2 Å². The lowest BCUT2D eigenvalue weighted by Crippen LogP contribution is -2.53. The number of amides is 3. The molecule has 172 valence electrons. The van der Waals surface area contributed by atoms with E-state index in [0.29, 0.717) is 13.0 Å². The summed E-state index contributed by atoms with van der Waals surface area (Å²) < 4.78 is 0. The molecular formula is C26H29N3O3S. The van der Waals surface area contributed by atoms with Gasteiger partial charge >= 0.3 is 0 Å². The lowest BCUT2D eigenvalue weighted by atomic mass is 9.76. The number of anilines is 1. The Balaban J connectivity index is 1.55. The van der Waals surface area contributed by atoms with Crippen LogP contribution in [-0.4, -0.2) is 47.2 Å². The summed E-state index contributed by atoms with van der Waals surface area (Å²) in [7, 11) is 0. The molecule has 0 saturated carbocycles. The molecule has 2 aromatic rings. The lowest BCUT2D eigenvalue weighted by Gasteiger charge is -2.30. The predicted octanol–water partition coefficient (Wildman–Crippen LogP) is 3.02. The maximum Gasteiger partial charge on any atom is 0.250 e. The van der Waals surface area contributed by atoms with Crippen LogP contribution in [0, 0.1) is 25.7 Å². The van der Waals surface area contributed by atoms with Crippen LogP contribution in [0.4, 0.5) is 5.69 Å². The number of carbonyl (C=O) groups excluding carboxylic acids is 3. The average Bonchev–Trinajstić information content (AvgIpc) is 3.37. The number of likely N-dealkylation sites (tertiary alicyclic amines) is 1. The first-order valence-corrected chi connectivity index (χ1v) is 12.9. The van der Waals surface area contributed by atoms with Crippen molar-refractivity contribution in [3.63, 3.8) is 0 Å². The molecule has 2 N–H and O–H groups in total. The van der Waals surface area contributed by atoms with Crippen LogP contribution in [0.25, 0.3) is 0 Å². The summed E-state index contributed by atoms with van der Waals surface area (Å²) in [4.78, 5) is 42.4. The van der Waals surface area contributed by atoms with E-state index in [1.165, 1.54) is 4.90 Å². The molecule has 0 aliphatic carbocycles. The number of nitrogens with zero attached hydrogens (tertiary/aromatic N) is 1. The van der Waals surface area contributed by atoms with Gasteiger partial charge in [0, 0.05) is 23.8 Å². The van der Waals surface area contributed by atoms with Gasteiger partial charge in [0.2, 0.25) is 17.7 Å². The fourth-order valence-corrected chi connectivity index (χ4v) is 6.41. The molecule has 1 spiro atoms. The standard InChI is InChI=1S/C26H29N3O3S/c1-15-13-16(2)22-18(14-15)26(25(32)27-22)21-20(19(28-26)10-12-33-3)23(30)29(24(21)31)11-9-17-7-5-4-6-8-17/h4-8,13-14,19-21,28H,9-12H2,1-3H3,(H,27,32). The maximum atomic E-state index is 13.8. The molecule has 4 unspecified atom stereocenters. The van der Waals surface area contributed by atoms with Crippen molar-refractivity contribution in [2.24, 2.45) is 11.8 Å². The minimum atomic E-state index is -1.20. The quantitative estimate of drug-likeness (QED) is 0.644. The van der Waals surface area contributed by atoms with Gasteiger partial charge in [-0.3, -0.25) is 24.6 Å². The molecule has 5 rings (SSSR count). The van der Waals surface area contributed by atoms with E-state index in [0.717, 1.165) is 40.1 Å². The predicted molar refractivity (Wildman–Crippen MR) is 130 cm³/mol. The van der Waals surface area contributed by atoms with Gasteiger partial charge in [0.1, 0.15) is 5.54 Å². The van der Waals surface area contributed by atoms with Gasteiger partial charge in [0.05, 0.1) is 11.8 Å². The second kappa shape index (κ2) is 8.29. The minimum absolute atomic E-state index is 0.151. The number of hydrogen-bond donors (Lipinski definition) is 2. The largest absolute Gasteiger partial charge is 0.324 e. The van der Waals surface area contributed by atoms with Crippen LogP contribution in [0.3, 0.4) is 0 Å². The van der Waals surface area contributed by atoms with E-state index < -0.39 is 17.4 Å². The summed E-state index contributed by atoms with van der Waals surface area (Å²) in [6.07, 6.45) is 3.36. The van der Waals surface area contributed by atoms with E-state index >= 15 is 0 Å². The van der Waals surface area contributed by atoms with Gasteiger partial charge in [-0.25, -0.2) is 0 Å². The van der Waals surface area contributed by atoms with Crippen LogP contribution >= 0.6 is 11.8 Å². The summed E-state index contributed by atoms with van der Waals surface area (Å²) in [6.45, 7) is 4.30. The van der Waals surface area contributed by atoms with Gasteiger partial charge in [-0.1, -0.05) is 48.0 Å². The first-order chi connectivity index (χ1) is 15.9. The van der Waals surface area contributed by atoms with Gasteiger partial charge in [0.25, 0.3) is 0 Å². The monoisotopic (exact) mass is 463 g/mol. The van der Waals surface area contributed by atoms with Crippen molar-refractivity contribution in [1.29, 1.82) is 0 Å². The van der Waals surface area contributed by atoms with E-state index in [9.17, 15) is 14.4 Å². The molecule has 3 aliphatic rings. The molecule has 3 amide bonds. The molecule has 2 fully saturated rings. The van der Waals surface area contributed by atoms with Gasteiger partial charge in [0.15, 0.2) is 0 Å². The molecule has 7 heteroatoms. The second-order valence-electron chi connectivity index (χ2n) is 9.37. The third kappa shape index (κ3) is 3.32. The number of hydrogen-bond acceptors (Lipinski definition) is 5. The zero-order valence-corrected chi connectivity index (χ0v) is 20.0. The van der Waals surface area contributed by atoms with E-state index in [-0.39, 0.29) is 23.8 Å². The highest BCUT2D eigenvalue weighted by molar-refractivity contribution is 7.98. The molecule has 33 heavy (non-hydrogen) atoms. The number of thioether (sulfide) groups is 1. The molecule has 0 radical (unpaired) electrons. The van der Waals surface area contributed by atoms with E-state index in [4.69, 9.17) is 0 Å².